The number of guanidine groups is 1. The molecular formula is C21H31IN4O. The standard InChI is InChI=1S/C21H30N4O.HI/c1-17-7-5-11-25(15-17)16-19-9-4-3-8-18(19)13-23-21(22-2)24-14-20-10-6-12-26-20;/h3-4,6,8-10,12,17H,5,7,11,13-16H2,1-2H3,(H2,22,23,24);1H. The molecule has 1 aliphatic rings. The Balaban J connectivity index is 0.00000261. The van der Waals surface area contributed by atoms with Crippen molar-refractivity contribution in [2.75, 3.05) is 20.1 Å². The highest BCUT2D eigenvalue weighted by molar-refractivity contribution is 14.0. The maximum absolute atomic E-state index is 5.35. The van der Waals surface area contributed by atoms with E-state index in [1.54, 1.807) is 13.3 Å². The predicted molar refractivity (Wildman–Crippen MR) is 121 cm³/mol. The molecule has 0 spiro atoms. The minimum absolute atomic E-state index is 0. The van der Waals surface area contributed by atoms with Crippen LogP contribution in [0.1, 0.15) is 36.7 Å². The lowest BCUT2D eigenvalue weighted by atomic mass is 9.99. The first-order valence-electron chi connectivity index (χ1n) is 9.50. The number of hydrogen-bond acceptors (Lipinski definition) is 3. The van der Waals surface area contributed by atoms with Crippen molar-refractivity contribution in [1.29, 1.82) is 0 Å². The van der Waals surface area contributed by atoms with Gasteiger partial charge in [-0.15, -0.1) is 24.0 Å². The van der Waals surface area contributed by atoms with Crippen LogP contribution in [-0.4, -0.2) is 31.0 Å². The molecule has 0 aliphatic carbocycles. The van der Waals surface area contributed by atoms with Crippen molar-refractivity contribution in [2.24, 2.45) is 10.9 Å². The summed E-state index contributed by atoms with van der Waals surface area (Å²) in [6, 6.07) is 12.5. The van der Waals surface area contributed by atoms with Gasteiger partial charge >= 0.3 is 0 Å². The Morgan fingerprint density at radius 3 is 2.63 bits per heavy atom. The van der Waals surface area contributed by atoms with E-state index in [0.29, 0.717) is 6.54 Å². The summed E-state index contributed by atoms with van der Waals surface area (Å²) in [6.45, 7) is 7.18. The number of hydrogen-bond donors (Lipinski definition) is 2. The van der Waals surface area contributed by atoms with E-state index in [1.807, 2.05) is 12.1 Å². The van der Waals surface area contributed by atoms with Gasteiger partial charge in [-0.05, 0) is 48.6 Å². The molecule has 1 aromatic heterocycles. The third kappa shape index (κ3) is 6.84. The third-order valence-electron chi connectivity index (χ3n) is 4.93. The summed E-state index contributed by atoms with van der Waals surface area (Å²) in [5, 5.41) is 6.70. The summed E-state index contributed by atoms with van der Waals surface area (Å²) >= 11 is 0. The molecule has 2 heterocycles. The van der Waals surface area contributed by atoms with Crippen LogP contribution in [0.3, 0.4) is 0 Å². The SMILES string of the molecule is CN=C(NCc1ccco1)NCc1ccccc1CN1CCCC(C)C1.I. The van der Waals surface area contributed by atoms with Crippen LogP contribution in [0.5, 0.6) is 0 Å². The van der Waals surface area contributed by atoms with Crippen LogP contribution in [-0.2, 0) is 19.6 Å². The predicted octanol–water partition coefficient (Wildman–Crippen LogP) is 3.99. The lowest BCUT2D eigenvalue weighted by Gasteiger charge is -2.31. The van der Waals surface area contributed by atoms with Crippen molar-refractivity contribution < 1.29 is 4.42 Å². The van der Waals surface area contributed by atoms with E-state index in [1.165, 1.54) is 37.1 Å². The molecule has 2 aromatic rings. The van der Waals surface area contributed by atoms with Gasteiger partial charge in [0.1, 0.15) is 5.76 Å². The molecular weight excluding hydrogens is 451 g/mol. The van der Waals surface area contributed by atoms with Gasteiger partial charge in [-0.2, -0.15) is 0 Å². The zero-order valence-corrected chi connectivity index (χ0v) is 18.6. The largest absolute Gasteiger partial charge is 0.467 e. The molecule has 6 heteroatoms. The van der Waals surface area contributed by atoms with Gasteiger partial charge in [-0.3, -0.25) is 9.89 Å². The Kier molecular flexibility index (Phi) is 9.14. The van der Waals surface area contributed by atoms with E-state index in [2.05, 4.69) is 51.7 Å². The Hall–Kier alpha value is -1.54. The molecule has 2 N–H and O–H groups in total. The van der Waals surface area contributed by atoms with Crippen molar-refractivity contribution in [1.82, 2.24) is 15.5 Å². The molecule has 0 radical (unpaired) electrons. The summed E-state index contributed by atoms with van der Waals surface area (Å²) in [4.78, 5) is 6.88. The summed E-state index contributed by atoms with van der Waals surface area (Å²) in [5.41, 5.74) is 2.72. The van der Waals surface area contributed by atoms with Crippen LogP contribution < -0.4 is 10.6 Å². The topological polar surface area (TPSA) is 52.8 Å². The average molecular weight is 482 g/mol. The van der Waals surface area contributed by atoms with Gasteiger partial charge in [-0.1, -0.05) is 31.2 Å². The van der Waals surface area contributed by atoms with Crippen LogP contribution in [0.2, 0.25) is 0 Å². The number of likely N-dealkylation sites (tertiary alicyclic amines) is 1. The van der Waals surface area contributed by atoms with E-state index in [-0.39, 0.29) is 24.0 Å². The van der Waals surface area contributed by atoms with Gasteiger partial charge in [0.2, 0.25) is 0 Å². The molecule has 1 fully saturated rings. The maximum atomic E-state index is 5.35. The summed E-state index contributed by atoms with van der Waals surface area (Å²) < 4.78 is 5.35. The van der Waals surface area contributed by atoms with Crippen LogP contribution in [0.4, 0.5) is 0 Å². The van der Waals surface area contributed by atoms with E-state index in [9.17, 15) is 0 Å². The molecule has 148 valence electrons. The van der Waals surface area contributed by atoms with Gasteiger partial charge in [-0.25, -0.2) is 0 Å². The molecule has 1 atom stereocenters. The smallest absolute Gasteiger partial charge is 0.191 e. The first-order valence-corrected chi connectivity index (χ1v) is 9.50. The zero-order valence-electron chi connectivity index (χ0n) is 16.3. The highest BCUT2D eigenvalue weighted by Gasteiger charge is 2.17. The summed E-state index contributed by atoms with van der Waals surface area (Å²) in [6.07, 6.45) is 4.35. The Morgan fingerprint density at radius 1 is 1.15 bits per heavy atom. The number of benzene rings is 1. The molecule has 0 saturated carbocycles. The Labute approximate surface area is 179 Å². The van der Waals surface area contributed by atoms with Crippen LogP contribution in [0.15, 0.2) is 52.1 Å². The first kappa shape index (κ1) is 21.8. The molecule has 1 aromatic carbocycles. The second-order valence-electron chi connectivity index (χ2n) is 7.11. The molecule has 1 aliphatic heterocycles. The van der Waals surface area contributed by atoms with E-state index < -0.39 is 0 Å². The van der Waals surface area contributed by atoms with Crippen LogP contribution in [0.25, 0.3) is 0 Å². The van der Waals surface area contributed by atoms with E-state index >= 15 is 0 Å². The molecule has 0 amide bonds. The minimum Gasteiger partial charge on any atom is -0.467 e. The van der Waals surface area contributed by atoms with Crippen LogP contribution in [0, 0.1) is 5.92 Å². The second-order valence-corrected chi connectivity index (χ2v) is 7.11. The van der Waals surface area contributed by atoms with E-state index in [4.69, 9.17) is 4.42 Å². The maximum Gasteiger partial charge on any atom is 0.191 e. The number of nitrogens with one attached hydrogen (secondary N) is 2. The monoisotopic (exact) mass is 482 g/mol. The number of nitrogens with zero attached hydrogens (tertiary/aromatic N) is 2. The van der Waals surface area contributed by atoms with E-state index in [0.717, 1.165) is 30.7 Å². The zero-order chi connectivity index (χ0) is 18.2. The first-order chi connectivity index (χ1) is 12.7. The highest BCUT2D eigenvalue weighted by Crippen LogP contribution is 2.19. The van der Waals surface area contributed by atoms with Crippen LogP contribution >= 0.6 is 24.0 Å². The lowest BCUT2D eigenvalue weighted by Crippen LogP contribution is -2.37. The molecule has 1 saturated heterocycles. The second kappa shape index (κ2) is 11.3. The normalized spacial score (nSPS) is 18.0. The molecule has 1 unspecified atom stereocenters. The highest BCUT2D eigenvalue weighted by atomic mass is 127. The number of furan rings is 1. The lowest BCUT2D eigenvalue weighted by molar-refractivity contribution is 0.176. The van der Waals surface area contributed by atoms with Gasteiger partial charge < -0.3 is 15.1 Å². The Morgan fingerprint density at radius 2 is 1.93 bits per heavy atom. The molecule has 0 bridgehead atoms. The van der Waals surface area contributed by atoms with Crippen molar-refractivity contribution in [3.05, 3.63) is 59.5 Å². The number of aliphatic imine (C=N–C) groups is 1. The van der Waals surface area contributed by atoms with Gasteiger partial charge in [0.05, 0.1) is 12.8 Å². The summed E-state index contributed by atoms with van der Waals surface area (Å²) in [5.74, 6) is 2.48. The molecule has 5 nitrogen and oxygen atoms in total. The average Bonchev–Trinajstić information content (AvgIpc) is 3.17. The fraction of sp³-hybridized carbons (Fsp3) is 0.476. The number of rotatable bonds is 6. The van der Waals surface area contributed by atoms with Gasteiger partial charge in [0, 0.05) is 26.7 Å². The number of piperidine rings is 1. The van der Waals surface area contributed by atoms with Crippen molar-refractivity contribution in [3.63, 3.8) is 0 Å². The quantitative estimate of drug-likeness (QED) is 0.372. The summed E-state index contributed by atoms with van der Waals surface area (Å²) in [7, 11) is 1.79. The third-order valence-corrected chi connectivity index (χ3v) is 4.93. The Bertz CT molecular complexity index is 702. The molecule has 3 rings (SSSR count). The van der Waals surface area contributed by atoms with Gasteiger partial charge in [0.25, 0.3) is 0 Å². The van der Waals surface area contributed by atoms with Crippen molar-refractivity contribution >= 4 is 29.9 Å². The fourth-order valence-electron chi connectivity index (χ4n) is 3.54. The fourth-order valence-corrected chi connectivity index (χ4v) is 3.54. The minimum atomic E-state index is 0. The molecule has 27 heavy (non-hydrogen) atoms. The van der Waals surface area contributed by atoms with Gasteiger partial charge in [0.15, 0.2) is 5.96 Å². The van der Waals surface area contributed by atoms with Crippen molar-refractivity contribution in [2.45, 2.75) is 39.4 Å². The number of halogens is 1. The van der Waals surface area contributed by atoms with Crippen molar-refractivity contribution in [3.8, 4) is 0 Å².